The van der Waals surface area contributed by atoms with Crippen molar-refractivity contribution in [2.75, 3.05) is 40.0 Å². The van der Waals surface area contributed by atoms with Crippen LogP contribution in [-0.2, 0) is 6.54 Å². The van der Waals surface area contributed by atoms with Gasteiger partial charge in [0.05, 0.1) is 11.1 Å². The Morgan fingerprint density at radius 1 is 0.900 bits per heavy atom. The second kappa shape index (κ2) is 7.14. The molecule has 0 spiro atoms. The van der Waals surface area contributed by atoms with Gasteiger partial charge in [-0.3, -0.25) is 24.2 Å². The number of carbonyl (C=O) groups excluding carboxylic acids is 3. The maximum atomic E-state index is 12.9. The first kappa shape index (κ1) is 18.6. The molecule has 30 heavy (non-hydrogen) atoms. The van der Waals surface area contributed by atoms with Crippen molar-refractivity contribution < 1.29 is 23.9 Å². The second-order valence-electron chi connectivity index (χ2n) is 7.69. The van der Waals surface area contributed by atoms with E-state index in [1.807, 2.05) is 18.2 Å². The summed E-state index contributed by atoms with van der Waals surface area (Å²) in [6, 6.07) is 10.7. The highest BCUT2D eigenvalue weighted by atomic mass is 16.7. The third kappa shape index (κ3) is 3.09. The van der Waals surface area contributed by atoms with Crippen molar-refractivity contribution in [3.05, 3.63) is 58.7 Å². The highest BCUT2D eigenvalue weighted by molar-refractivity contribution is 6.21. The van der Waals surface area contributed by atoms with Crippen molar-refractivity contribution in [2.45, 2.75) is 6.54 Å². The summed E-state index contributed by atoms with van der Waals surface area (Å²) >= 11 is 0. The molecule has 8 nitrogen and oxygen atoms in total. The highest BCUT2D eigenvalue weighted by Gasteiger charge is 2.34. The largest absolute Gasteiger partial charge is 0.454 e. The van der Waals surface area contributed by atoms with Crippen molar-refractivity contribution in [1.29, 1.82) is 0 Å². The smallest absolute Gasteiger partial charge is 0.261 e. The summed E-state index contributed by atoms with van der Waals surface area (Å²) in [4.78, 5) is 42.3. The van der Waals surface area contributed by atoms with Crippen molar-refractivity contribution >= 4 is 17.7 Å². The molecule has 3 heterocycles. The summed E-state index contributed by atoms with van der Waals surface area (Å²) in [5, 5.41) is 0. The molecule has 0 radical (unpaired) electrons. The topological polar surface area (TPSA) is 79.4 Å². The Labute approximate surface area is 173 Å². The van der Waals surface area contributed by atoms with Crippen LogP contribution < -0.4 is 9.47 Å². The van der Waals surface area contributed by atoms with Gasteiger partial charge in [-0.1, -0.05) is 6.07 Å². The van der Waals surface area contributed by atoms with Crippen LogP contribution in [-0.4, -0.2) is 72.4 Å². The molecule has 0 aromatic heterocycles. The number of fused-ring (bicyclic) bond motifs is 2. The number of piperazine rings is 1. The van der Waals surface area contributed by atoms with E-state index in [-0.39, 0.29) is 24.5 Å². The molecule has 1 fully saturated rings. The average molecular weight is 407 g/mol. The van der Waals surface area contributed by atoms with Crippen molar-refractivity contribution in [2.24, 2.45) is 0 Å². The molecule has 0 unspecified atom stereocenters. The van der Waals surface area contributed by atoms with Crippen LogP contribution >= 0.6 is 0 Å². The van der Waals surface area contributed by atoms with Crippen molar-refractivity contribution in [3.8, 4) is 11.5 Å². The number of carbonyl (C=O) groups is 3. The minimum absolute atomic E-state index is 0.115. The summed E-state index contributed by atoms with van der Waals surface area (Å²) in [7, 11) is 1.45. The number of hydrogen-bond acceptors (Lipinski definition) is 6. The normalized spacial score (nSPS) is 18.2. The van der Waals surface area contributed by atoms with Crippen LogP contribution in [0.5, 0.6) is 11.5 Å². The lowest BCUT2D eigenvalue weighted by molar-refractivity contribution is 0.0627. The van der Waals surface area contributed by atoms with Crippen LogP contribution in [0, 0.1) is 0 Å². The molecule has 2 aromatic rings. The fourth-order valence-electron chi connectivity index (χ4n) is 4.08. The maximum Gasteiger partial charge on any atom is 0.261 e. The Hall–Kier alpha value is -3.39. The molecule has 8 heteroatoms. The first-order valence-corrected chi connectivity index (χ1v) is 9.88. The molecule has 3 amide bonds. The van der Waals surface area contributed by atoms with E-state index >= 15 is 0 Å². The fraction of sp³-hybridized carbons (Fsp3) is 0.318. The number of imide groups is 1. The molecule has 0 saturated carbocycles. The van der Waals surface area contributed by atoms with Crippen LogP contribution in [0.1, 0.15) is 36.6 Å². The molecule has 154 valence electrons. The molecule has 3 aliphatic rings. The van der Waals surface area contributed by atoms with Crippen LogP contribution in [0.4, 0.5) is 0 Å². The number of hydrogen-bond donors (Lipinski definition) is 0. The predicted molar refractivity (Wildman–Crippen MR) is 107 cm³/mol. The van der Waals surface area contributed by atoms with E-state index < -0.39 is 0 Å². The van der Waals surface area contributed by atoms with E-state index in [1.54, 1.807) is 23.1 Å². The third-order valence-corrected chi connectivity index (χ3v) is 5.84. The van der Waals surface area contributed by atoms with Gasteiger partial charge in [0.25, 0.3) is 17.7 Å². The Balaban J connectivity index is 1.22. The van der Waals surface area contributed by atoms with E-state index in [1.165, 1.54) is 7.05 Å². The lowest BCUT2D eigenvalue weighted by Crippen LogP contribution is -2.48. The lowest BCUT2D eigenvalue weighted by Gasteiger charge is -2.34. The van der Waals surface area contributed by atoms with Crippen LogP contribution in [0.15, 0.2) is 36.4 Å². The minimum atomic E-state index is -0.363. The number of benzene rings is 2. The lowest BCUT2D eigenvalue weighted by atomic mass is 10.0. The Kier molecular flexibility index (Phi) is 4.43. The molecule has 5 rings (SSSR count). The Bertz CT molecular complexity index is 1060. The van der Waals surface area contributed by atoms with Gasteiger partial charge in [0.1, 0.15) is 0 Å². The molecule has 0 N–H and O–H groups in total. The van der Waals surface area contributed by atoms with E-state index in [0.717, 1.165) is 41.6 Å². The zero-order valence-corrected chi connectivity index (χ0v) is 16.6. The SMILES string of the molecule is CN1C(=O)c2ccc(C(=O)N3CCN(Cc4ccc5c(c4)OCO5)CC3)cc2C1=O. The molecule has 0 bridgehead atoms. The molecule has 3 aliphatic heterocycles. The zero-order chi connectivity index (χ0) is 20.8. The van der Waals surface area contributed by atoms with E-state index in [0.29, 0.717) is 29.8 Å². The van der Waals surface area contributed by atoms with Crippen LogP contribution in [0.2, 0.25) is 0 Å². The highest BCUT2D eigenvalue weighted by Crippen LogP contribution is 2.33. The van der Waals surface area contributed by atoms with Gasteiger partial charge in [-0.2, -0.15) is 0 Å². The summed E-state index contributed by atoms with van der Waals surface area (Å²) in [5.41, 5.74) is 2.24. The number of nitrogens with zero attached hydrogens (tertiary/aromatic N) is 3. The van der Waals surface area contributed by atoms with Gasteiger partial charge in [0.2, 0.25) is 6.79 Å². The van der Waals surface area contributed by atoms with Gasteiger partial charge >= 0.3 is 0 Å². The van der Waals surface area contributed by atoms with Crippen LogP contribution in [0.25, 0.3) is 0 Å². The minimum Gasteiger partial charge on any atom is -0.454 e. The van der Waals surface area contributed by atoms with Crippen molar-refractivity contribution in [1.82, 2.24) is 14.7 Å². The molecule has 0 atom stereocenters. The third-order valence-electron chi connectivity index (χ3n) is 5.84. The number of rotatable bonds is 3. The quantitative estimate of drug-likeness (QED) is 0.720. The molecule has 1 saturated heterocycles. The fourth-order valence-corrected chi connectivity index (χ4v) is 4.08. The maximum absolute atomic E-state index is 12.9. The van der Waals surface area contributed by atoms with Gasteiger partial charge < -0.3 is 14.4 Å². The van der Waals surface area contributed by atoms with E-state index in [2.05, 4.69) is 4.90 Å². The Morgan fingerprint density at radius 3 is 2.43 bits per heavy atom. The van der Waals surface area contributed by atoms with E-state index in [9.17, 15) is 14.4 Å². The van der Waals surface area contributed by atoms with E-state index in [4.69, 9.17) is 9.47 Å². The van der Waals surface area contributed by atoms with Crippen LogP contribution in [0.3, 0.4) is 0 Å². The van der Waals surface area contributed by atoms with Crippen molar-refractivity contribution in [3.63, 3.8) is 0 Å². The molecular weight excluding hydrogens is 386 g/mol. The first-order chi connectivity index (χ1) is 14.5. The molecular formula is C22H21N3O5. The van der Waals surface area contributed by atoms with Gasteiger partial charge in [0.15, 0.2) is 11.5 Å². The first-order valence-electron chi connectivity index (χ1n) is 9.88. The van der Waals surface area contributed by atoms with Gasteiger partial charge in [-0.05, 0) is 35.9 Å². The summed E-state index contributed by atoms with van der Waals surface area (Å²) < 4.78 is 10.8. The number of amides is 3. The summed E-state index contributed by atoms with van der Waals surface area (Å²) in [6.07, 6.45) is 0. The second-order valence-corrected chi connectivity index (χ2v) is 7.69. The zero-order valence-electron chi connectivity index (χ0n) is 16.6. The molecule has 2 aromatic carbocycles. The standard InChI is InChI=1S/C22H21N3O5/c1-23-21(27)16-4-3-15(11-17(16)22(23)28)20(26)25-8-6-24(7-9-25)12-14-2-5-18-19(10-14)30-13-29-18/h2-5,10-11H,6-9,12-13H2,1H3. The summed E-state index contributed by atoms with van der Waals surface area (Å²) in [5.74, 6) is 0.742. The monoisotopic (exact) mass is 407 g/mol. The molecule has 0 aliphatic carbocycles. The summed E-state index contributed by atoms with van der Waals surface area (Å²) in [6.45, 7) is 3.76. The average Bonchev–Trinajstić information content (AvgIpc) is 3.32. The van der Waals surface area contributed by atoms with Gasteiger partial charge in [0, 0.05) is 45.3 Å². The van der Waals surface area contributed by atoms with Gasteiger partial charge in [-0.15, -0.1) is 0 Å². The van der Waals surface area contributed by atoms with Gasteiger partial charge in [-0.25, -0.2) is 0 Å². The predicted octanol–water partition coefficient (Wildman–Crippen LogP) is 1.60. The Morgan fingerprint density at radius 2 is 1.63 bits per heavy atom. The number of ether oxygens (including phenoxy) is 2.